The average Bonchev–Trinajstić information content (AvgIpc) is 2.72. The SMILES string of the molecule is CCN(CC)C1=C(S(=O)(=O)N(C)c2ccccc2)C(=O)c2ccccc2C1=O. The highest BCUT2D eigenvalue weighted by molar-refractivity contribution is 7.97. The van der Waals surface area contributed by atoms with Gasteiger partial charge in [-0.25, -0.2) is 8.42 Å². The number of carbonyl (C=O) groups excluding carboxylic acids is 2. The third-order valence-corrected chi connectivity index (χ3v) is 6.70. The van der Waals surface area contributed by atoms with Gasteiger partial charge in [-0.1, -0.05) is 42.5 Å². The third kappa shape index (κ3) is 3.11. The fourth-order valence-electron chi connectivity index (χ4n) is 3.32. The number of hydrogen-bond donors (Lipinski definition) is 0. The molecule has 0 N–H and O–H groups in total. The molecule has 0 spiro atoms. The highest BCUT2D eigenvalue weighted by Gasteiger charge is 2.42. The molecule has 2 aromatic rings. The van der Waals surface area contributed by atoms with Crippen molar-refractivity contribution in [1.82, 2.24) is 4.90 Å². The van der Waals surface area contributed by atoms with Crippen LogP contribution in [0.1, 0.15) is 34.6 Å². The number of anilines is 1. The van der Waals surface area contributed by atoms with Crippen LogP contribution in [-0.4, -0.2) is 45.0 Å². The third-order valence-electron chi connectivity index (χ3n) is 4.87. The first-order valence-electron chi connectivity index (χ1n) is 9.06. The van der Waals surface area contributed by atoms with Gasteiger partial charge < -0.3 is 4.90 Å². The Labute approximate surface area is 165 Å². The number of rotatable bonds is 6. The second kappa shape index (κ2) is 7.59. The van der Waals surface area contributed by atoms with Crippen LogP contribution in [-0.2, 0) is 10.0 Å². The molecule has 1 aliphatic rings. The van der Waals surface area contributed by atoms with Crippen molar-refractivity contribution in [3.05, 3.63) is 76.3 Å². The van der Waals surface area contributed by atoms with Crippen LogP contribution in [0.4, 0.5) is 5.69 Å². The van der Waals surface area contributed by atoms with Gasteiger partial charge in [-0.2, -0.15) is 0 Å². The molecule has 3 rings (SSSR count). The van der Waals surface area contributed by atoms with Crippen molar-refractivity contribution < 1.29 is 18.0 Å². The lowest BCUT2D eigenvalue weighted by molar-refractivity contribution is 0.0949. The Hall–Kier alpha value is -2.93. The number of sulfonamides is 1. The molecule has 0 heterocycles. The molecule has 2 aromatic carbocycles. The molecule has 0 atom stereocenters. The van der Waals surface area contributed by atoms with E-state index in [2.05, 4.69) is 0 Å². The van der Waals surface area contributed by atoms with Crippen LogP contribution < -0.4 is 4.31 Å². The maximum atomic E-state index is 13.5. The zero-order valence-electron chi connectivity index (χ0n) is 16.0. The number of Topliss-reactive ketones (excluding diaryl/α,β-unsaturated/α-hetero) is 2. The number of likely N-dealkylation sites (N-methyl/N-ethyl adjacent to an activating group) is 1. The molecule has 0 bridgehead atoms. The maximum Gasteiger partial charge on any atom is 0.270 e. The molecular formula is C21H22N2O4S. The largest absolute Gasteiger partial charge is 0.368 e. The number of fused-ring (bicyclic) bond motifs is 1. The molecule has 0 saturated carbocycles. The van der Waals surface area contributed by atoms with E-state index in [4.69, 9.17) is 0 Å². The van der Waals surface area contributed by atoms with Gasteiger partial charge in [-0.3, -0.25) is 13.9 Å². The zero-order valence-corrected chi connectivity index (χ0v) is 16.9. The van der Waals surface area contributed by atoms with Gasteiger partial charge in [0.05, 0.1) is 5.69 Å². The van der Waals surface area contributed by atoms with Crippen LogP contribution in [0.15, 0.2) is 65.2 Å². The van der Waals surface area contributed by atoms with Gasteiger partial charge in [-0.05, 0) is 26.0 Å². The molecule has 0 radical (unpaired) electrons. The summed E-state index contributed by atoms with van der Waals surface area (Å²) in [6.07, 6.45) is 0. The Bertz CT molecular complexity index is 1050. The normalized spacial score (nSPS) is 14.1. The van der Waals surface area contributed by atoms with Crippen molar-refractivity contribution >= 4 is 27.3 Å². The maximum absolute atomic E-state index is 13.5. The number of ketones is 2. The van der Waals surface area contributed by atoms with Crippen LogP contribution in [0.5, 0.6) is 0 Å². The lowest BCUT2D eigenvalue weighted by atomic mass is 9.92. The molecule has 0 amide bonds. The quantitative estimate of drug-likeness (QED) is 0.748. The molecule has 1 aliphatic carbocycles. The average molecular weight is 398 g/mol. The molecule has 0 unspecified atom stereocenters. The minimum absolute atomic E-state index is 0.0588. The Morgan fingerprint density at radius 2 is 1.29 bits per heavy atom. The Morgan fingerprint density at radius 1 is 0.786 bits per heavy atom. The summed E-state index contributed by atoms with van der Waals surface area (Å²) in [6.45, 7) is 4.45. The molecule has 0 saturated heterocycles. The molecule has 7 heteroatoms. The summed E-state index contributed by atoms with van der Waals surface area (Å²) in [6, 6.07) is 14.8. The van der Waals surface area contributed by atoms with Gasteiger partial charge in [0.1, 0.15) is 5.70 Å². The highest BCUT2D eigenvalue weighted by atomic mass is 32.2. The van der Waals surface area contributed by atoms with Crippen LogP contribution in [0, 0.1) is 0 Å². The van der Waals surface area contributed by atoms with Crippen molar-refractivity contribution in [2.75, 3.05) is 24.4 Å². The fourth-order valence-corrected chi connectivity index (χ4v) is 4.80. The van der Waals surface area contributed by atoms with Gasteiger partial charge in [0.15, 0.2) is 4.91 Å². The Morgan fingerprint density at radius 3 is 1.82 bits per heavy atom. The van der Waals surface area contributed by atoms with E-state index in [9.17, 15) is 18.0 Å². The summed E-state index contributed by atoms with van der Waals surface area (Å²) in [4.78, 5) is 27.6. The number of allylic oxidation sites excluding steroid dienone is 2. The van der Waals surface area contributed by atoms with E-state index in [-0.39, 0.29) is 16.8 Å². The molecule has 0 aliphatic heterocycles. The summed E-state index contributed by atoms with van der Waals surface area (Å²) >= 11 is 0. The molecule has 0 fully saturated rings. The van der Waals surface area contributed by atoms with E-state index in [1.165, 1.54) is 13.1 Å². The summed E-state index contributed by atoms with van der Waals surface area (Å²) in [5.41, 5.74) is 0.698. The lowest BCUT2D eigenvalue weighted by Gasteiger charge is -2.31. The van der Waals surface area contributed by atoms with E-state index in [1.807, 2.05) is 13.8 Å². The Balaban J connectivity index is 2.28. The smallest absolute Gasteiger partial charge is 0.270 e. The zero-order chi connectivity index (χ0) is 20.5. The van der Waals surface area contributed by atoms with Crippen molar-refractivity contribution in [3.63, 3.8) is 0 Å². The minimum Gasteiger partial charge on any atom is -0.368 e. The van der Waals surface area contributed by atoms with Gasteiger partial charge in [-0.15, -0.1) is 0 Å². The second-order valence-electron chi connectivity index (χ2n) is 6.36. The second-order valence-corrected chi connectivity index (χ2v) is 8.27. The molecule has 28 heavy (non-hydrogen) atoms. The van der Waals surface area contributed by atoms with Gasteiger partial charge in [0.2, 0.25) is 11.6 Å². The van der Waals surface area contributed by atoms with Crippen LogP contribution in [0.3, 0.4) is 0 Å². The fraction of sp³-hybridized carbons (Fsp3) is 0.238. The van der Waals surface area contributed by atoms with Gasteiger partial charge >= 0.3 is 0 Å². The summed E-state index contributed by atoms with van der Waals surface area (Å²) in [7, 11) is -2.87. The van der Waals surface area contributed by atoms with Gasteiger partial charge in [0, 0.05) is 31.3 Å². The molecular weight excluding hydrogens is 376 g/mol. The topological polar surface area (TPSA) is 74.8 Å². The van der Waals surface area contributed by atoms with Crippen molar-refractivity contribution in [3.8, 4) is 0 Å². The number of nitrogens with zero attached hydrogens (tertiary/aromatic N) is 2. The lowest BCUT2D eigenvalue weighted by Crippen LogP contribution is -2.40. The van der Waals surface area contributed by atoms with E-state index in [0.717, 1.165) is 4.31 Å². The first-order chi connectivity index (χ1) is 13.3. The molecule has 6 nitrogen and oxygen atoms in total. The summed E-state index contributed by atoms with van der Waals surface area (Å²) < 4.78 is 28.0. The van der Waals surface area contributed by atoms with E-state index in [0.29, 0.717) is 18.8 Å². The Kier molecular flexibility index (Phi) is 5.38. The van der Waals surface area contributed by atoms with Crippen LogP contribution in [0.2, 0.25) is 0 Å². The van der Waals surface area contributed by atoms with Crippen molar-refractivity contribution in [2.24, 2.45) is 0 Å². The van der Waals surface area contributed by atoms with Gasteiger partial charge in [0.25, 0.3) is 10.0 Å². The number of para-hydroxylation sites is 1. The highest BCUT2D eigenvalue weighted by Crippen LogP contribution is 2.33. The predicted molar refractivity (Wildman–Crippen MR) is 109 cm³/mol. The van der Waals surface area contributed by atoms with E-state index >= 15 is 0 Å². The van der Waals surface area contributed by atoms with Crippen LogP contribution >= 0.6 is 0 Å². The molecule has 0 aromatic heterocycles. The monoisotopic (exact) mass is 398 g/mol. The van der Waals surface area contributed by atoms with Crippen molar-refractivity contribution in [2.45, 2.75) is 13.8 Å². The number of carbonyl (C=O) groups is 2. The van der Waals surface area contributed by atoms with E-state index in [1.54, 1.807) is 53.4 Å². The summed E-state index contributed by atoms with van der Waals surface area (Å²) in [5, 5.41) is 0. The molecule has 146 valence electrons. The summed E-state index contributed by atoms with van der Waals surface area (Å²) in [5.74, 6) is -1.10. The first-order valence-corrected chi connectivity index (χ1v) is 10.5. The van der Waals surface area contributed by atoms with Crippen molar-refractivity contribution in [1.29, 1.82) is 0 Å². The van der Waals surface area contributed by atoms with E-state index < -0.39 is 26.5 Å². The number of benzene rings is 2. The van der Waals surface area contributed by atoms with Crippen LogP contribution in [0.25, 0.3) is 0 Å². The predicted octanol–water partition coefficient (Wildman–Crippen LogP) is 3.09. The number of hydrogen-bond acceptors (Lipinski definition) is 5. The minimum atomic E-state index is -4.25. The standard InChI is InChI=1S/C21H22N2O4S/c1-4-23(5-2)18-19(24)16-13-9-10-14-17(16)20(25)21(18)28(26,27)22(3)15-11-7-6-8-12-15/h6-14H,4-5H2,1-3H3. The first kappa shape index (κ1) is 19.8.